The highest BCUT2D eigenvalue weighted by Gasteiger charge is 2.45. The Morgan fingerprint density at radius 1 is 1.14 bits per heavy atom. The molecule has 3 rings (SSSR count). The summed E-state index contributed by atoms with van der Waals surface area (Å²) in [5, 5.41) is 20.1. The van der Waals surface area contributed by atoms with Gasteiger partial charge in [-0.3, -0.25) is 13.7 Å². The number of nitrogens with zero attached hydrogens (tertiary/aromatic N) is 4. The van der Waals surface area contributed by atoms with Crippen LogP contribution >= 0.6 is 15.4 Å². The van der Waals surface area contributed by atoms with Crippen molar-refractivity contribution in [1.29, 1.82) is 0 Å². The van der Waals surface area contributed by atoms with Crippen LogP contribution in [0.4, 0.5) is 5.82 Å². The van der Waals surface area contributed by atoms with Crippen molar-refractivity contribution in [2.75, 3.05) is 18.6 Å². The minimum atomic E-state index is -4.72. The molecule has 0 saturated carbocycles. The zero-order valence-corrected chi connectivity index (χ0v) is 16.3. The number of nitrogen functional groups attached to an aromatic ring is 1. The highest BCUT2D eigenvalue weighted by Crippen LogP contribution is 2.38. The van der Waals surface area contributed by atoms with E-state index >= 15 is 0 Å². The molecule has 2 aromatic rings. The molecule has 1 aliphatic rings. The lowest BCUT2D eigenvalue weighted by Crippen LogP contribution is -2.33. The van der Waals surface area contributed by atoms with Gasteiger partial charge in [-0.2, -0.15) is 0 Å². The van der Waals surface area contributed by atoms with E-state index in [-0.39, 0.29) is 11.5 Å². The number of aliphatic hydroxyl groups is 2. The topological polar surface area (TPSA) is 270 Å². The highest BCUT2D eigenvalue weighted by molar-refractivity contribution is 7.51. The molecule has 1 aliphatic heterocycles. The van der Waals surface area contributed by atoms with Crippen LogP contribution in [0.1, 0.15) is 6.23 Å². The summed E-state index contributed by atoms with van der Waals surface area (Å²) < 4.78 is 31.4. The molecule has 4 atom stereocenters. The Morgan fingerprint density at radius 2 is 1.76 bits per heavy atom. The monoisotopic (exact) mass is 458 g/mol. The predicted molar refractivity (Wildman–Crippen MR) is 94.8 cm³/mol. The number of hydrogen-bond acceptors (Lipinski definition) is 11. The molecule has 0 radical (unpaired) electrons. The third kappa shape index (κ3) is 6.21. The number of ether oxygens (including phenoxy) is 1. The molecular weight excluding hydrogens is 438 g/mol. The number of phosphoric ester groups is 1. The molecule has 16 nitrogen and oxygen atoms in total. The first-order valence-corrected chi connectivity index (χ1v) is 11.1. The molecule has 2 aromatic heterocycles. The van der Waals surface area contributed by atoms with Crippen LogP contribution in [0, 0.1) is 0 Å². The van der Waals surface area contributed by atoms with Crippen LogP contribution in [0.2, 0.25) is 0 Å². The third-order valence-corrected chi connectivity index (χ3v) is 4.60. The lowest BCUT2D eigenvalue weighted by atomic mass is 10.1. The Balaban J connectivity index is 0.000000438. The standard InChI is InChI=1S/C10H14N5O7P.CH6NO3P/c11-8-5-9(13-2-12-8)15(3-14-5)10-7(17)6(16)4(22-10)1-21-23(18,19)20;2-1-6(3,4)5/h2-4,6-7,10,16-17H,1H2,(H2,11,12,13)(H2,18,19,20);1-2H2,(H2,3,4,5)/t4-,6-,7-,10-;/m1./s1. The molecule has 164 valence electrons. The summed E-state index contributed by atoms with van der Waals surface area (Å²) in [6, 6.07) is 0. The third-order valence-electron chi connectivity index (χ3n) is 3.64. The fourth-order valence-corrected chi connectivity index (χ4v) is 2.66. The first kappa shape index (κ1) is 23.7. The van der Waals surface area contributed by atoms with Gasteiger partial charge in [0, 0.05) is 0 Å². The van der Waals surface area contributed by atoms with E-state index in [2.05, 4.69) is 25.2 Å². The zero-order chi connectivity index (χ0) is 22.0. The molecule has 29 heavy (non-hydrogen) atoms. The first-order chi connectivity index (χ1) is 13.3. The first-order valence-electron chi connectivity index (χ1n) is 7.73. The van der Waals surface area contributed by atoms with Crippen molar-refractivity contribution in [3.8, 4) is 0 Å². The van der Waals surface area contributed by atoms with Gasteiger partial charge in [-0.05, 0) is 0 Å². The van der Waals surface area contributed by atoms with Crippen molar-refractivity contribution in [3.05, 3.63) is 12.7 Å². The summed E-state index contributed by atoms with van der Waals surface area (Å²) in [4.78, 5) is 44.8. The fourth-order valence-electron chi connectivity index (χ4n) is 2.32. The van der Waals surface area contributed by atoms with Crippen LogP contribution in [0.15, 0.2) is 12.7 Å². The average Bonchev–Trinajstić information content (AvgIpc) is 3.16. The summed E-state index contributed by atoms with van der Waals surface area (Å²) in [5.74, 6) is 0.142. The van der Waals surface area contributed by atoms with Gasteiger partial charge < -0.3 is 46.0 Å². The largest absolute Gasteiger partial charge is 0.469 e. The predicted octanol–water partition coefficient (Wildman–Crippen LogP) is -2.78. The van der Waals surface area contributed by atoms with Gasteiger partial charge in [0.1, 0.15) is 30.2 Å². The molecule has 18 heteroatoms. The number of fused-ring (bicyclic) bond motifs is 1. The minimum absolute atomic E-state index is 0.142. The SMILES string of the molecule is NCP(=O)(O)O.Nc1ncnc2c1ncn2[C@@H]1O[C@H](COP(=O)(O)O)[C@@H](O)[C@H]1O. The molecule has 1 saturated heterocycles. The number of phosphoric acid groups is 1. The van der Waals surface area contributed by atoms with E-state index in [1.54, 1.807) is 0 Å². The Bertz CT molecular complexity index is 930. The Hall–Kier alpha value is -1.55. The van der Waals surface area contributed by atoms with Gasteiger partial charge in [0.15, 0.2) is 17.7 Å². The van der Waals surface area contributed by atoms with Crippen molar-refractivity contribution < 1.29 is 48.2 Å². The van der Waals surface area contributed by atoms with Crippen LogP contribution in [0.5, 0.6) is 0 Å². The molecule has 0 unspecified atom stereocenters. The van der Waals surface area contributed by atoms with Crippen molar-refractivity contribution in [2.24, 2.45) is 5.73 Å². The normalized spacial score (nSPS) is 25.1. The van der Waals surface area contributed by atoms with Gasteiger partial charge in [0.2, 0.25) is 0 Å². The van der Waals surface area contributed by atoms with E-state index in [9.17, 15) is 19.3 Å². The Kier molecular flexibility index (Phi) is 7.42. The quantitative estimate of drug-likeness (QED) is 0.210. The molecule has 1 fully saturated rings. The van der Waals surface area contributed by atoms with E-state index < -0.39 is 52.9 Å². The van der Waals surface area contributed by atoms with Crippen molar-refractivity contribution in [1.82, 2.24) is 19.5 Å². The summed E-state index contributed by atoms with van der Waals surface area (Å²) >= 11 is 0. The summed E-state index contributed by atoms with van der Waals surface area (Å²) in [6.07, 6.45) is -3.05. The number of aliphatic hydroxyl groups excluding tert-OH is 2. The van der Waals surface area contributed by atoms with Gasteiger partial charge >= 0.3 is 15.4 Å². The molecule has 0 aliphatic carbocycles. The molecule has 0 spiro atoms. The van der Waals surface area contributed by atoms with Crippen LogP contribution in [0.3, 0.4) is 0 Å². The maximum atomic E-state index is 10.7. The van der Waals surface area contributed by atoms with Crippen molar-refractivity contribution in [2.45, 2.75) is 24.5 Å². The Morgan fingerprint density at radius 3 is 2.31 bits per heavy atom. The molecule has 0 aromatic carbocycles. The van der Waals surface area contributed by atoms with Gasteiger partial charge in [-0.1, -0.05) is 0 Å². The van der Waals surface area contributed by atoms with Gasteiger partial charge in [-0.25, -0.2) is 19.5 Å². The second-order valence-corrected chi connectivity index (χ2v) is 8.70. The number of rotatable bonds is 5. The van der Waals surface area contributed by atoms with Crippen LogP contribution in [-0.2, 0) is 18.4 Å². The lowest BCUT2D eigenvalue weighted by molar-refractivity contribution is -0.0504. The summed E-state index contributed by atoms with van der Waals surface area (Å²) in [6.45, 7) is -0.594. The maximum absolute atomic E-state index is 10.7. The smallest absolute Gasteiger partial charge is 0.387 e. The highest BCUT2D eigenvalue weighted by atomic mass is 31.2. The number of aromatic nitrogens is 4. The lowest BCUT2D eigenvalue weighted by Gasteiger charge is -2.16. The minimum Gasteiger partial charge on any atom is -0.387 e. The van der Waals surface area contributed by atoms with E-state index in [4.69, 9.17) is 30.0 Å². The number of imidazole rings is 1. The fraction of sp³-hybridized carbons (Fsp3) is 0.545. The van der Waals surface area contributed by atoms with Gasteiger partial charge in [0.25, 0.3) is 0 Å². The van der Waals surface area contributed by atoms with Crippen LogP contribution in [-0.4, -0.2) is 80.5 Å². The van der Waals surface area contributed by atoms with Crippen molar-refractivity contribution >= 4 is 32.4 Å². The molecule has 0 bridgehead atoms. The Labute approximate surface area is 162 Å². The summed E-state index contributed by atoms with van der Waals surface area (Å²) in [7, 11) is -8.59. The molecule has 10 N–H and O–H groups in total. The van der Waals surface area contributed by atoms with Gasteiger partial charge in [0.05, 0.1) is 19.2 Å². The molecule has 3 heterocycles. The second kappa shape index (κ2) is 9.07. The molecular formula is C11H20N6O10P2. The van der Waals surface area contributed by atoms with E-state index in [1.165, 1.54) is 17.2 Å². The zero-order valence-electron chi connectivity index (χ0n) is 14.5. The molecule has 0 amide bonds. The van der Waals surface area contributed by atoms with Crippen LogP contribution < -0.4 is 11.5 Å². The maximum Gasteiger partial charge on any atom is 0.469 e. The second-order valence-electron chi connectivity index (χ2n) is 5.76. The van der Waals surface area contributed by atoms with E-state index in [1.807, 2.05) is 0 Å². The number of hydrogen-bond donors (Lipinski definition) is 8. The number of nitrogens with two attached hydrogens (primary N) is 2. The van der Waals surface area contributed by atoms with Crippen molar-refractivity contribution in [3.63, 3.8) is 0 Å². The summed E-state index contributed by atoms with van der Waals surface area (Å²) in [5.41, 5.74) is 10.8. The van der Waals surface area contributed by atoms with Gasteiger partial charge in [-0.15, -0.1) is 0 Å². The number of anilines is 1. The average molecular weight is 458 g/mol. The van der Waals surface area contributed by atoms with E-state index in [0.717, 1.165) is 0 Å². The van der Waals surface area contributed by atoms with E-state index in [0.29, 0.717) is 5.52 Å². The van der Waals surface area contributed by atoms with Crippen LogP contribution in [0.25, 0.3) is 11.2 Å².